The number of carboxylic acid groups (broad SMARTS) is 1. The number of Topliss-reactive ketones (excluding diaryl/α,β-unsaturated/α-hetero) is 1. The van der Waals surface area contributed by atoms with Crippen molar-refractivity contribution in [1.29, 1.82) is 0 Å². The number of hydrogen-bond acceptors (Lipinski definition) is 2. The fraction of sp³-hybridized carbons (Fsp3) is 0.571. The van der Waals surface area contributed by atoms with Gasteiger partial charge in [0.2, 0.25) is 0 Å². The number of ketones is 1. The molecular formula is C14H21NO3. The van der Waals surface area contributed by atoms with Crippen LogP contribution in [0, 0.1) is 11.3 Å². The summed E-state index contributed by atoms with van der Waals surface area (Å²) in [5.74, 6) is -0.764. The molecular weight excluding hydrogens is 230 g/mol. The van der Waals surface area contributed by atoms with Crippen LogP contribution in [0.3, 0.4) is 0 Å². The van der Waals surface area contributed by atoms with E-state index in [0.717, 1.165) is 0 Å². The molecule has 1 heterocycles. The molecule has 0 saturated heterocycles. The van der Waals surface area contributed by atoms with Gasteiger partial charge in [-0.25, -0.2) is 4.79 Å². The van der Waals surface area contributed by atoms with E-state index in [1.165, 1.54) is 10.6 Å². The maximum Gasteiger partial charge on any atom is 0.352 e. The Hall–Kier alpha value is -1.58. The maximum atomic E-state index is 12.1. The van der Waals surface area contributed by atoms with Gasteiger partial charge < -0.3 is 9.67 Å². The van der Waals surface area contributed by atoms with Crippen molar-refractivity contribution in [2.75, 3.05) is 0 Å². The van der Waals surface area contributed by atoms with Crippen molar-refractivity contribution in [3.8, 4) is 0 Å². The molecule has 0 spiro atoms. The molecule has 1 rings (SSSR count). The highest BCUT2D eigenvalue weighted by Crippen LogP contribution is 2.29. The fourth-order valence-electron chi connectivity index (χ4n) is 1.63. The van der Waals surface area contributed by atoms with Gasteiger partial charge in [-0.3, -0.25) is 4.79 Å². The Balaban J connectivity index is 2.86. The SMILES string of the molecule is CC(CC(=O)c1cc(C(=O)O)n(C)c1)C(C)(C)C. The second kappa shape index (κ2) is 4.96. The van der Waals surface area contributed by atoms with Crippen molar-refractivity contribution in [2.45, 2.75) is 34.1 Å². The number of hydrogen-bond donors (Lipinski definition) is 1. The second-order valence-electron chi connectivity index (χ2n) is 5.92. The third-order valence-electron chi connectivity index (χ3n) is 3.52. The summed E-state index contributed by atoms with van der Waals surface area (Å²) in [6, 6.07) is 1.44. The third kappa shape index (κ3) is 3.22. The minimum Gasteiger partial charge on any atom is -0.477 e. The van der Waals surface area contributed by atoms with E-state index in [4.69, 9.17) is 5.11 Å². The van der Waals surface area contributed by atoms with E-state index in [9.17, 15) is 9.59 Å². The fourth-order valence-corrected chi connectivity index (χ4v) is 1.63. The molecule has 1 aromatic heterocycles. The Morgan fingerprint density at radius 1 is 1.39 bits per heavy atom. The molecule has 4 heteroatoms. The average Bonchev–Trinajstić information content (AvgIpc) is 2.58. The van der Waals surface area contributed by atoms with E-state index in [0.29, 0.717) is 12.0 Å². The largest absolute Gasteiger partial charge is 0.477 e. The molecule has 0 aliphatic rings. The van der Waals surface area contributed by atoms with Crippen LogP contribution in [0.1, 0.15) is 55.0 Å². The van der Waals surface area contributed by atoms with Gasteiger partial charge in [0.25, 0.3) is 0 Å². The van der Waals surface area contributed by atoms with E-state index in [1.54, 1.807) is 13.2 Å². The van der Waals surface area contributed by atoms with Crippen molar-refractivity contribution in [3.05, 3.63) is 23.5 Å². The number of rotatable bonds is 4. The first-order chi connectivity index (χ1) is 8.12. The Bertz CT molecular complexity index is 466. The number of carbonyl (C=O) groups is 2. The zero-order valence-electron chi connectivity index (χ0n) is 11.7. The van der Waals surface area contributed by atoms with Gasteiger partial charge in [0.1, 0.15) is 5.69 Å². The summed E-state index contributed by atoms with van der Waals surface area (Å²) in [6.07, 6.45) is 2.02. The Kier molecular flexibility index (Phi) is 3.99. The first kappa shape index (κ1) is 14.5. The number of aromatic carboxylic acids is 1. The molecule has 1 aromatic rings. The highest BCUT2D eigenvalue weighted by atomic mass is 16.4. The Labute approximate surface area is 108 Å². The monoisotopic (exact) mass is 251 g/mol. The number of carboxylic acids is 1. The van der Waals surface area contributed by atoms with Crippen molar-refractivity contribution < 1.29 is 14.7 Å². The van der Waals surface area contributed by atoms with Gasteiger partial charge >= 0.3 is 5.97 Å². The van der Waals surface area contributed by atoms with Gasteiger partial charge in [-0.15, -0.1) is 0 Å². The first-order valence-electron chi connectivity index (χ1n) is 6.05. The predicted octanol–water partition coefficient (Wildman–Crippen LogP) is 2.98. The normalized spacial score (nSPS) is 13.4. The summed E-state index contributed by atoms with van der Waals surface area (Å²) < 4.78 is 1.47. The van der Waals surface area contributed by atoms with Gasteiger partial charge in [-0.1, -0.05) is 27.7 Å². The third-order valence-corrected chi connectivity index (χ3v) is 3.52. The van der Waals surface area contributed by atoms with Crippen LogP contribution < -0.4 is 0 Å². The van der Waals surface area contributed by atoms with Crippen LogP contribution in [0.5, 0.6) is 0 Å². The van der Waals surface area contributed by atoms with E-state index in [1.807, 2.05) is 6.92 Å². The van der Waals surface area contributed by atoms with Gasteiger partial charge in [0.15, 0.2) is 5.78 Å². The Morgan fingerprint density at radius 3 is 2.33 bits per heavy atom. The molecule has 1 unspecified atom stereocenters. The van der Waals surface area contributed by atoms with Gasteiger partial charge in [0.05, 0.1) is 0 Å². The van der Waals surface area contributed by atoms with Gasteiger partial charge in [0, 0.05) is 25.2 Å². The van der Waals surface area contributed by atoms with Crippen LogP contribution in [-0.4, -0.2) is 21.4 Å². The molecule has 0 amide bonds. The molecule has 0 saturated carbocycles. The molecule has 4 nitrogen and oxygen atoms in total. The minimum atomic E-state index is -1.01. The summed E-state index contributed by atoms with van der Waals surface area (Å²) in [5, 5.41) is 8.94. The molecule has 100 valence electrons. The lowest BCUT2D eigenvalue weighted by Gasteiger charge is -2.26. The van der Waals surface area contributed by atoms with Crippen molar-refractivity contribution in [2.24, 2.45) is 18.4 Å². The minimum absolute atomic E-state index is 0.000486. The average molecular weight is 251 g/mol. The highest BCUT2D eigenvalue weighted by Gasteiger charge is 2.24. The number of carbonyl (C=O) groups excluding carboxylic acids is 1. The number of aryl methyl sites for hydroxylation is 1. The van der Waals surface area contributed by atoms with Crippen LogP contribution in [-0.2, 0) is 7.05 Å². The molecule has 0 aromatic carbocycles. The van der Waals surface area contributed by atoms with Crippen LogP contribution >= 0.6 is 0 Å². The second-order valence-corrected chi connectivity index (χ2v) is 5.92. The molecule has 0 fully saturated rings. The number of aromatic nitrogens is 1. The summed E-state index contributed by atoms with van der Waals surface area (Å²) in [6.45, 7) is 8.33. The highest BCUT2D eigenvalue weighted by molar-refractivity contribution is 5.98. The molecule has 1 atom stereocenters. The topological polar surface area (TPSA) is 59.3 Å². The lowest BCUT2D eigenvalue weighted by atomic mass is 9.79. The molecule has 0 aliphatic heterocycles. The lowest BCUT2D eigenvalue weighted by molar-refractivity contribution is 0.0686. The van der Waals surface area contributed by atoms with Gasteiger partial charge in [-0.2, -0.15) is 0 Å². The smallest absolute Gasteiger partial charge is 0.352 e. The zero-order valence-corrected chi connectivity index (χ0v) is 11.7. The summed E-state index contributed by atoms with van der Waals surface area (Å²) in [5.41, 5.74) is 0.688. The molecule has 18 heavy (non-hydrogen) atoms. The summed E-state index contributed by atoms with van der Waals surface area (Å²) in [7, 11) is 1.63. The summed E-state index contributed by atoms with van der Waals surface area (Å²) >= 11 is 0. The quantitative estimate of drug-likeness (QED) is 0.837. The zero-order chi connectivity index (χ0) is 14.1. The Morgan fingerprint density at radius 2 is 1.94 bits per heavy atom. The summed E-state index contributed by atoms with van der Waals surface area (Å²) in [4.78, 5) is 23.0. The van der Waals surface area contributed by atoms with E-state index >= 15 is 0 Å². The molecule has 0 radical (unpaired) electrons. The molecule has 0 aliphatic carbocycles. The molecule has 0 bridgehead atoms. The van der Waals surface area contributed by atoms with Crippen molar-refractivity contribution >= 4 is 11.8 Å². The van der Waals surface area contributed by atoms with Crippen molar-refractivity contribution in [1.82, 2.24) is 4.57 Å². The predicted molar refractivity (Wildman–Crippen MR) is 69.9 cm³/mol. The lowest BCUT2D eigenvalue weighted by Crippen LogP contribution is -2.20. The van der Waals surface area contributed by atoms with E-state index in [-0.39, 0.29) is 22.8 Å². The maximum absolute atomic E-state index is 12.1. The van der Waals surface area contributed by atoms with E-state index in [2.05, 4.69) is 20.8 Å². The van der Waals surface area contributed by atoms with Crippen LogP contribution in [0.25, 0.3) is 0 Å². The van der Waals surface area contributed by atoms with Crippen LogP contribution in [0.2, 0.25) is 0 Å². The van der Waals surface area contributed by atoms with Crippen LogP contribution in [0.15, 0.2) is 12.3 Å². The number of nitrogens with zero attached hydrogens (tertiary/aromatic N) is 1. The standard InChI is InChI=1S/C14H21NO3/c1-9(14(2,3)4)6-12(16)10-7-11(13(17)18)15(5)8-10/h7-9H,6H2,1-5H3,(H,17,18). The van der Waals surface area contributed by atoms with Gasteiger partial charge in [-0.05, 0) is 17.4 Å². The molecule has 1 N–H and O–H groups in total. The van der Waals surface area contributed by atoms with Crippen molar-refractivity contribution in [3.63, 3.8) is 0 Å². The first-order valence-corrected chi connectivity index (χ1v) is 6.05. The van der Waals surface area contributed by atoms with Crippen LogP contribution in [0.4, 0.5) is 0 Å². The van der Waals surface area contributed by atoms with E-state index < -0.39 is 5.97 Å².